The van der Waals surface area contributed by atoms with Crippen LogP contribution in [0.2, 0.25) is 0 Å². The molecule has 0 aliphatic rings. The van der Waals surface area contributed by atoms with E-state index in [0.29, 0.717) is 11.3 Å². The Labute approximate surface area is 99.1 Å². The Balaban J connectivity index is 2.78. The quantitative estimate of drug-likeness (QED) is 0.842. The molecule has 0 bridgehead atoms. The molecule has 0 fully saturated rings. The summed E-state index contributed by atoms with van der Waals surface area (Å²) < 4.78 is 1.81. The molecule has 0 radical (unpaired) electrons. The number of hydrogen-bond acceptors (Lipinski definition) is 3. The van der Waals surface area contributed by atoms with Crippen LogP contribution in [0.4, 0.5) is 0 Å². The molecule has 0 atom stereocenters. The maximum Gasteiger partial charge on any atom is 0.356 e. The van der Waals surface area contributed by atoms with E-state index in [9.17, 15) is 4.79 Å². The van der Waals surface area contributed by atoms with Crippen LogP contribution in [0.5, 0.6) is 0 Å². The summed E-state index contributed by atoms with van der Waals surface area (Å²) in [6.07, 6.45) is 1.82. The summed E-state index contributed by atoms with van der Waals surface area (Å²) in [4.78, 5) is 15.4. The number of carboxylic acids is 1. The maximum absolute atomic E-state index is 11.1. The number of pyridine rings is 1. The fraction of sp³-hybridized carbons (Fsp3) is 0.333. The number of imidazole rings is 1. The van der Waals surface area contributed by atoms with Crippen LogP contribution in [0.25, 0.3) is 5.52 Å². The monoisotopic (exact) mass is 233 g/mol. The third-order valence-electron chi connectivity index (χ3n) is 2.93. The van der Waals surface area contributed by atoms with Crippen LogP contribution in [-0.2, 0) is 5.54 Å². The van der Waals surface area contributed by atoms with Gasteiger partial charge in [-0.25, -0.2) is 9.78 Å². The van der Waals surface area contributed by atoms with Gasteiger partial charge in [-0.1, -0.05) is 6.07 Å². The first kappa shape index (κ1) is 11.6. The van der Waals surface area contributed by atoms with Crippen LogP contribution in [0.3, 0.4) is 0 Å². The summed E-state index contributed by atoms with van der Waals surface area (Å²) in [6.45, 7) is 3.92. The number of aromatic carboxylic acids is 1. The Morgan fingerprint density at radius 2 is 2.18 bits per heavy atom. The molecule has 2 aromatic heterocycles. The number of rotatable bonds is 3. The molecule has 0 aliphatic carbocycles. The van der Waals surface area contributed by atoms with Gasteiger partial charge >= 0.3 is 5.97 Å². The summed E-state index contributed by atoms with van der Waals surface area (Å²) in [5, 5.41) is 12.3. The van der Waals surface area contributed by atoms with Crippen molar-refractivity contribution in [2.45, 2.75) is 19.4 Å². The van der Waals surface area contributed by atoms with E-state index in [1.807, 2.05) is 33.2 Å². The van der Waals surface area contributed by atoms with Gasteiger partial charge in [0.15, 0.2) is 5.69 Å². The molecule has 0 unspecified atom stereocenters. The fourth-order valence-corrected chi connectivity index (χ4v) is 1.75. The molecule has 90 valence electrons. The minimum atomic E-state index is -1.01. The highest BCUT2D eigenvalue weighted by molar-refractivity contribution is 5.93. The Kier molecular flexibility index (Phi) is 2.63. The lowest BCUT2D eigenvalue weighted by atomic mass is 10.1. The van der Waals surface area contributed by atoms with Gasteiger partial charge in [-0.2, -0.15) is 0 Å². The van der Waals surface area contributed by atoms with E-state index in [1.165, 1.54) is 0 Å². The first-order valence-electron chi connectivity index (χ1n) is 5.37. The molecule has 0 aliphatic heterocycles. The van der Waals surface area contributed by atoms with Crippen molar-refractivity contribution >= 4 is 11.5 Å². The standard InChI is InChI=1S/C12H15N3O2/c1-12(2,13-3)11-14-9(10(16)17)8-6-4-5-7-15(8)11/h4-7,13H,1-3H3,(H,16,17). The van der Waals surface area contributed by atoms with Crippen molar-refractivity contribution in [2.75, 3.05) is 7.05 Å². The molecule has 5 heteroatoms. The maximum atomic E-state index is 11.1. The summed E-state index contributed by atoms with van der Waals surface area (Å²) in [5.41, 5.74) is 0.306. The second kappa shape index (κ2) is 3.85. The van der Waals surface area contributed by atoms with Crippen LogP contribution < -0.4 is 5.32 Å². The largest absolute Gasteiger partial charge is 0.476 e. The van der Waals surface area contributed by atoms with Crippen molar-refractivity contribution in [3.8, 4) is 0 Å². The van der Waals surface area contributed by atoms with Gasteiger partial charge in [0, 0.05) is 6.20 Å². The van der Waals surface area contributed by atoms with Crippen LogP contribution >= 0.6 is 0 Å². The van der Waals surface area contributed by atoms with Crippen molar-refractivity contribution in [3.63, 3.8) is 0 Å². The van der Waals surface area contributed by atoms with Gasteiger partial charge in [-0.3, -0.25) is 0 Å². The summed E-state index contributed by atoms with van der Waals surface area (Å²) in [7, 11) is 1.82. The number of carboxylic acid groups (broad SMARTS) is 1. The fourth-order valence-electron chi connectivity index (χ4n) is 1.75. The number of aromatic nitrogens is 2. The first-order valence-corrected chi connectivity index (χ1v) is 5.37. The number of nitrogens with zero attached hydrogens (tertiary/aromatic N) is 2. The molecule has 0 aromatic carbocycles. The number of nitrogens with one attached hydrogen (secondary N) is 1. The van der Waals surface area contributed by atoms with E-state index in [2.05, 4.69) is 10.3 Å². The van der Waals surface area contributed by atoms with E-state index < -0.39 is 11.5 Å². The van der Waals surface area contributed by atoms with E-state index in [1.54, 1.807) is 16.5 Å². The number of hydrogen-bond donors (Lipinski definition) is 2. The van der Waals surface area contributed by atoms with Gasteiger partial charge < -0.3 is 14.8 Å². The van der Waals surface area contributed by atoms with Gasteiger partial charge in [0.1, 0.15) is 5.82 Å². The molecule has 2 rings (SSSR count). The first-order chi connectivity index (χ1) is 7.97. The molecule has 0 saturated carbocycles. The van der Waals surface area contributed by atoms with Crippen molar-refractivity contribution in [1.29, 1.82) is 0 Å². The smallest absolute Gasteiger partial charge is 0.356 e. The van der Waals surface area contributed by atoms with Gasteiger partial charge in [0.25, 0.3) is 0 Å². The second-order valence-electron chi connectivity index (χ2n) is 4.42. The van der Waals surface area contributed by atoms with Gasteiger partial charge in [-0.05, 0) is 33.0 Å². The topological polar surface area (TPSA) is 66.6 Å². The number of carbonyl (C=O) groups is 1. The second-order valence-corrected chi connectivity index (χ2v) is 4.42. The van der Waals surface area contributed by atoms with E-state index in [-0.39, 0.29) is 5.69 Å². The molecule has 17 heavy (non-hydrogen) atoms. The number of fused-ring (bicyclic) bond motifs is 1. The van der Waals surface area contributed by atoms with Gasteiger partial charge in [-0.15, -0.1) is 0 Å². The normalized spacial score (nSPS) is 11.9. The lowest BCUT2D eigenvalue weighted by molar-refractivity contribution is 0.0693. The van der Waals surface area contributed by atoms with E-state index in [0.717, 1.165) is 0 Å². The highest BCUT2D eigenvalue weighted by Crippen LogP contribution is 2.22. The van der Waals surface area contributed by atoms with Crippen molar-refractivity contribution < 1.29 is 9.90 Å². The van der Waals surface area contributed by atoms with Crippen LogP contribution in [0.1, 0.15) is 30.2 Å². The van der Waals surface area contributed by atoms with Crippen LogP contribution in [0.15, 0.2) is 24.4 Å². The van der Waals surface area contributed by atoms with Gasteiger partial charge in [0.2, 0.25) is 0 Å². The van der Waals surface area contributed by atoms with Crippen LogP contribution in [0, 0.1) is 0 Å². The molecule has 2 heterocycles. The van der Waals surface area contributed by atoms with E-state index >= 15 is 0 Å². The molecular formula is C12H15N3O2. The zero-order chi connectivity index (χ0) is 12.6. The van der Waals surface area contributed by atoms with Crippen LogP contribution in [-0.4, -0.2) is 27.5 Å². The lowest BCUT2D eigenvalue weighted by Gasteiger charge is -2.22. The summed E-state index contributed by atoms with van der Waals surface area (Å²) in [6, 6.07) is 5.42. The molecule has 0 spiro atoms. The minimum Gasteiger partial charge on any atom is -0.476 e. The molecule has 5 nitrogen and oxygen atoms in total. The summed E-state index contributed by atoms with van der Waals surface area (Å²) in [5.74, 6) is -0.320. The molecule has 2 aromatic rings. The molecule has 2 N–H and O–H groups in total. The highest BCUT2D eigenvalue weighted by atomic mass is 16.4. The lowest BCUT2D eigenvalue weighted by Crippen LogP contribution is -2.35. The third kappa shape index (κ3) is 1.78. The molecular weight excluding hydrogens is 218 g/mol. The Morgan fingerprint density at radius 1 is 1.47 bits per heavy atom. The van der Waals surface area contributed by atoms with Gasteiger partial charge in [0.05, 0.1) is 11.1 Å². The zero-order valence-corrected chi connectivity index (χ0v) is 10.1. The summed E-state index contributed by atoms with van der Waals surface area (Å²) >= 11 is 0. The van der Waals surface area contributed by atoms with Crippen molar-refractivity contribution in [3.05, 3.63) is 35.9 Å². The molecule has 0 saturated heterocycles. The average molecular weight is 233 g/mol. The predicted octanol–water partition coefficient (Wildman–Crippen LogP) is 1.49. The molecule has 0 amide bonds. The van der Waals surface area contributed by atoms with Crippen molar-refractivity contribution in [2.24, 2.45) is 0 Å². The minimum absolute atomic E-state index is 0.0870. The Bertz CT molecular complexity index is 572. The third-order valence-corrected chi connectivity index (χ3v) is 2.93. The Morgan fingerprint density at radius 3 is 2.76 bits per heavy atom. The highest BCUT2D eigenvalue weighted by Gasteiger charge is 2.27. The zero-order valence-electron chi connectivity index (χ0n) is 10.1. The average Bonchev–Trinajstić information content (AvgIpc) is 2.69. The Hall–Kier alpha value is -1.88. The van der Waals surface area contributed by atoms with E-state index in [4.69, 9.17) is 5.11 Å². The SMILES string of the molecule is CNC(C)(C)c1nc(C(=O)O)c2ccccn12. The predicted molar refractivity (Wildman–Crippen MR) is 64.2 cm³/mol. The van der Waals surface area contributed by atoms with Crippen molar-refractivity contribution in [1.82, 2.24) is 14.7 Å².